The SMILES string of the molecule is OC(=S)C(O)C(c1ccccc1)(c1ccccc1)c1ccccc1. The number of aliphatic hydroxyl groups is 2. The van der Waals surface area contributed by atoms with Gasteiger partial charge in [0.05, 0.1) is 5.41 Å². The lowest BCUT2D eigenvalue weighted by atomic mass is 9.66. The summed E-state index contributed by atoms with van der Waals surface area (Å²) >= 11 is 4.97. The van der Waals surface area contributed by atoms with E-state index in [0.29, 0.717) is 0 Å². The molecule has 24 heavy (non-hydrogen) atoms. The molecule has 0 radical (unpaired) electrons. The van der Waals surface area contributed by atoms with Gasteiger partial charge in [-0.3, -0.25) is 0 Å². The fourth-order valence-corrected chi connectivity index (χ4v) is 3.44. The summed E-state index contributed by atoms with van der Waals surface area (Å²) in [6.07, 6.45) is -1.25. The van der Waals surface area contributed by atoms with Crippen molar-refractivity contribution in [1.29, 1.82) is 0 Å². The van der Waals surface area contributed by atoms with Gasteiger partial charge in [-0.05, 0) is 28.9 Å². The molecule has 3 heteroatoms. The van der Waals surface area contributed by atoms with Crippen LogP contribution in [-0.2, 0) is 5.41 Å². The second-order valence-corrected chi connectivity index (χ2v) is 6.07. The third-order valence-electron chi connectivity index (χ3n) is 4.33. The summed E-state index contributed by atoms with van der Waals surface area (Å²) < 4.78 is 0. The molecule has 3 rings (SSSR count). The van der Waals surface area contributed by atoms with Gasteiger partial charge in [0.15, 0.2) is 5.05 Å². The molecule has 0 saturated carbocycles. The Balaban J connectivity index is 2.39. The molecular weight excluding hydrogens is 316 g/mol. The summed E-state index contributed by atoms with van der Waals surface area (Å²) in [6, 6.07) is 29.0. The van der Waals surface area contributed by atoms with E-state index in [4.69, 9.17) is 12.2 Å². The van der Waals surface area contributed by atoms with Crippen LogP contribution in [0.5, 0.6) is 0 Å². The highest BCUT2D eigenvalue weighted by molar-refractivity contribution is 7.80. The van der Waals surface area contributed by atoms with E-state index in [2.05, 4.69) is 0 Å². The number of benzene rings is 3. The molecule has 0 spiro atoms. The second-order valence-electron chi connectivity index (χ2n) is 5.65. The summed E-state index contributed by atoms with van der Waals surface area (Å²) in [5, 5.41) is 20.6. The van der Waals surface area contributed by atoms with Gasteiger partial charge in [0, 0.05) is 0 Å². The van der Waals surface area contributed by atoms with Crippen LogP contribution < -0.4 is 0 Å². The van der Waals surface area contributed by atoms with Gasteiger partial charge in [0.1, 0.15) is 6.10 Å². The minimum Gasteiger partial charge on any atom is -0.500 e. The molecule has 3 aromatic rings. The molecule has 1 atom stereocenters. The molecule has 0 aromatic heterocycles. The van der Waals surface area contributed by atoms with Crippen molar-refractivity contribution in [1.82, 2.24) is 0 Å². The number of thiocarbonyl (C=S) groups is 1. The van der Waals surface area contributed by atoms with Crippen LogP contribution >= 0.6 is 12.2 Å². The Kier molecular flexibility index (Phi) is 4.74. The molecule has 0 bridgehead atoms. The smallest absolute Gasteiger partial charge is 0.187 e. The monoisotopic (exact) mass is 334 g/mol. The normalized spacial score (nSPS) is 12.5. The molecule has 0 aliphatic carbocycles. The molecule has 0 saturated heterocycles. The maximum atomic E-state index is 11.0. The zero-order chi connectivity index (χ0) is 17.0. The van der Waals surface area contributed by atoms with Gasteiger partial charge in [-0.25, -0.2) is 0 Å². The Hall–Kier alpha value is -2.49. The number of rotatable bonds is 5. The van der Waals surface area contributed by atoms with Crippen LogP contribution in [0.4, 0.5) is 0 Å². The standard InChI is InChI=1S/C21H18O2S/c22-19(20(23)24)21(16-10-4-1-5-11-16,17-12-6-2-7-13-17)18-14-8-3-9-15-18/h1-15,19,22H,(H,23,24). The summed E-state index contributed by atoms with van der Waals surface area (Å²) in [7, 11) is 0. The van der Waals surface area contributed by atoms with Gasteiger partial charge in [-0.1, -0.05) is 91.0 Å². The van der Waals surface area contributed by atoms with Crippen molar-refractivity contribution < 1.29 is 10.2 Å². The molecule has 1 unspecified atom stereocenters. The van der Waals surface area contributed by atoms with Gasteiger partial charge >= 0.3 is 0 Å². The molecular formula is C21H18O2S. The first-order valence-corrected chi connectivity index (χ1v) is 8.15. The lowest BCUT2D eigenvalue weighted by molar-refractivity contribution is 0.169. The Morgan fingerprint density at radius 2 is 0.958 bits per heavy atom. The number of aliphatic hydroxyl groups excluding tert-OH is 2. The lowest BCUT2D eigenvalue weighted by Gasteiger charge is -2.39. The van der Waals surface area contributed by atoms with Crippen LogP contribution in [0.25, 0.3) is 0 Å². The fraction of sp³-hybridized carbons (Fsp3) is 0.0952. The van der Waals surface area contributed by atoms with E-state index in [1.54, 1.807) is 0 Å². The Labute approximate surface area is 147 Å². The van der Waals surface area contributed by atoms with Gasteiger partial charge < -0.3 is 10.2 Å². The average Bonchev–Trinajstić information content (AvgIpc) is 2.65. The van der Waals surface area contributed by atoms with Crippen LogP contribution in [0.2, 0.25) is 0 Å². The van der Waals surface area contributed by atoms with Crippen LogP contribution in [-0.4, -0.2) is 21.4 Å². The maximum absolute atomic E-state index is 11.0. The first-order chi connectivity index (χ1) is 11.7. The summed E-state index contributed by atoms with van der Waals surface area (Å²) in [5.41, 5.74) is 1.62. The van der Waals surface area contributed by atoms with Crippen LogP contribution in [0.3, 0.4) is 0 Å². The summed E-state index contributed by atoms with van der Waals surface area (Å²) in [4.78, 5) is 0. The van der Waals surface area contributed by atoms with Gasteiger partial charge in [-0.2, -0.15) is 0 Å². The zero-order valence-corrected chi connectivity index (χ0v) is 13.9. The van der Waals surface area contributed by atoms with E-state index in [1.165, 1.54) is 0 Å². The third-order valence-corrected chi connectivity index (χ3v) is 4.55. The van der Waals surface area contributed by atoms with E-state index >= 15 is 0 Å². The molecule has 120 valence electrons. The molecule has 0 heterocycles. The van der Waals surface area contributed by atoms with Crippen LogP contribution in [0.1, 0.15) is 16.7 Å². The minimum absolute atomic E-state index is 0.424. The van der Waals surface area contributed by atoms with Gasteiger partial charge in [0.25, 0.3) is 0 Å². The van der Waals surface area contributed by atoms with Crippen molar-refractivity contribution in [2.45, 2.75) is 11.5 Å². The highest BCUT2D eigenvalue weighted by Gasteiger charge is 2.45. The van der Waals surface area contributed by atoms with Crippen LogP contribution in [0, 0.1) is 0 Å². The molecule has 2 nitrogen and oxygen atoms in total. The van der Waals surface area contributed by atoms with Crippen molar-refractivity contribution in [3.63, 3.8) is 0 Å². The highest BCUT2D eigenvalue weighted by atomic mass is 32.1. The third kappa shape index (κ3) is 2.73. The number of hydrogen-bond acceptors (Lipinski definition) is 2. The minimum atomic E-state index is -1.25. The second kappa shape index (κ2) is 6.95. The summed E-state index contributed by atoms with van der Waals surface area (Å²) in [6.45, 7) is 0. The Morgan fingerprint density at radius 1 is 0.667 bits per heavy atom. The molecule has 3 aromatic carbocycles. The topological polar surface area (TPSA) is 40.5 Å². The van der Waals surface area contributed by atoms with Gasteiger partial charge in [-0.15, -0.1) is 0 Å². The molecule has 0 aliphatic rings. The molecule has 2 N–H and O–H groups in total. The maximum Gasteiger partial charge on any atom is 0.187 e. The van der Waals surface area contributed by atoms with Crippen LogP contribution in [0.15, 0.2) is 91.0 Å². The zero-order valence-electron chi connectivity index (χ0n) is 13.0. The average molecular weight is 334 g/mol. The van der Waals surface area contributed by atoms with E-state index in [9.17, 15) is 10.2 Å². The molecule has 0 fully saturated rings. The van der Waals surface area contributed by atoms with Gasteiger partial charge in [0.2, 0.25) is 0 Å². The largest absolute Gasteiger partial charge is 0.500 e. The van der Waals surface area contributed by atoms with Crippen molar-refractivity contribution in [2.24, 2.45) is 0 Å². The van der Waals surface area contributed by atoms with Crippen molar-refractivity contribution >= 4 is 17.3 Å². The van der Waals surface area contributed by atoms with E-state index < -0.39 is 16.6 Å². The Morgan fingerprint density at radius 3 is 1.21 bits per heavy atom. The first-order valence-electron chi connectivity index (χ1n) is 7.75. The fourth-order valence-electron chi connectivity index (χ4n) is 3.26. The molecule has 0 aliphatic heterocycles. The highest BCUT2D eigenvalue weighted by Crippen LogP contribution is 2.42. The molecule has 0 amide bonds. The van der Waals surface area contributed by atoms with Crippen molar-refractivity contribution in [3.05, 3.63) is 108 Å². The van der Waals surface area contributed by atoms with Crippen molar-refractivity contribution in [3.8, 4) is 0 Å². The van der Waals surface area contributed by atoms with E-state index in [0.717, 1.165) is 16.7 Å². The first kappa shape index (κ1) is 16.4. The number of hydrogen-bond donors (Lipinski definition) is 2. The van der Waals surface area contributed by atoms with E-state index in [-0.39, 0.29) is 0 Å². The summed E-state index contributed by atoms with van der Waals surface area (Å²) in [5.74, 6) is 0. The predicted octanol–water partition coefficient (Wildman–Crippen LogP) is 4.27. The Bertz CT molecular complexity index is 704. The van der Waals surface area contributed by atoms with Crippen molar-refractivity contribution in [2.75, 3.05) is 0 Å². The predicted molar refractivity (Wildman–Crippen MR) is 100 cm³/mol. The van der Waals surface area contributed by atoms with E-state index in [1.807, 2.05) is 91.0 Å². The lowest BCUT2D eigenvalue weighted by Crippen LogP contribution is -2.46. The quantitative estimate of drug-likeness (QED) is 0.541.